The second-order valence-electron chi connectivity index (χ2n) is 3.71. The molecule has 0 amide bonds. The first-order valence-electron chi connectivity index (χ1n) is 5.42. The summed E-state index contributed by atoms with van der Waals surface area (Å²) >= 11 is 0. The summed E-state index contributed by atoms with van der Waals surface area (Å²) in [6, 6.07) is 8.99. The fraction of sp³-hybridized carbons (Fsp3) is 0. The van der Waals surface area contributed by atoms with Crippen LogP contribution in [0.3, 0.4) is 0 Å². The van der Waals surface area contributed by atoms with Crippen LogP contribution in [0.4, 0.5) is 5.82 Å². The van der Waals surface area contributed by atoms with Gasteiger partial charge < -0.3 is 10.2 Å². The van der Waals surface area contributed by atoms with Gasteiger partial charge in [-0.05, 0) is 24.3 Å². The lowest BCUT2D eigenvalue weighted by Crippen LogP contribution is -1.97. The summed E-state index contributed by atoms with van der Waals surface area (Å²) in [5.74, 6) is 1.63. The molecule has 18 heavy (non-hydrogen) atoms. The minimum Gasteiger partial charge on any atom is -0.463 e. The Kier molecular flexibility index (Phi) is 2.49. The largest absolute Gasteiger partial charge is 0.463 e. The summed E-state index contributed by atoms with van der Waals surface area (Å²) in [4.78, 5) is 12.6. The van der Waals surface area contributed by atoms with Crippen LogP contribution in [0, 0.1) is 0 Å². The maximum Gasteiger partial charge on any atom is 0.162 e. The van der Waals surface area contributed by atoms with E-state index in [2.05, 4.69) is 15.0 Å². The average Bonchev–Trinajstić information content (AvgIpc) is 2.93. The van der Waals surface area contributed by atoms with Crippen LogP contribution in [-0.2, 0) is 0 Å². The minimum absolute atomic E-state index is 0.406. The van der Waals surface area contributed by atoms with Gasteiger partial charge >= 0.3 is 0 Å². The summed E-state index contributed by atoms with van der Waals surface area (Å²) in [6.45, 7) is 0. The molecule has 5 heteroatoms. The molecule has 0 fully saturated rings. The van der Waals surface area contributed by atoms with E-state index < -0.39 is 0 Å². The molecule has 3 aromatic heterocycles. The summed E-state index contributed by atoms with van der Waals surface area (Å²) in [6.07, 6.45) is 4.97. The molecule has 0 spiro atoms. The quantitative estimate of drug-likeness (QED) is 0.741. The number of nitrogens with zero attached hydrogens (tertiary/aromatic N) is 3. The third-order valence-electron chi connectivity index (χ3n) is 2.46. The maximum absolute atomic E-state index is 5.79. The highest BCUT2D eigenvalue weighted by Crippen LogP contribution is 2.23. The summed E-state index contributed by atoms with van der Waals surface area (Å²) in [5, 5.41) is 0. The highest BCUT2D eigenvalue weighted by atomic mass is 16.3. The zero-order valence-electron chi connectivity index (χ0n) is 9.45. The molecule has 3 heterocycles. The molecule has 0 saturated carbocycles. The third-order valence-corrected chi connectivity index (χ3v) is 2.46. The highest BCUT2D eigenvalue weighted by Gasteiger charge is 2.08. The van der Waals surface area contributed by atoms with Crippen molar-refractivity contribution >= 4 is 5.82 Å². The van der Waals surface area contributed by atoms with E-state index in [1.54, 1.807) is 30.8 Å². The normalized spacial score (nSPS) is 10.4. The lowest BCUT2D eigenvalue weighted by Gasteiger charge is -2.03. The van der Waals surface area contributed by atoms with Gasteiger partial charge in [-0.25, -0.2) is 9.97 Å². The van der Waals surface area contributed by atoms with E-state index >= 15 is 0 Å². The molecule has 88 valence electrons. The Bertz CT molecular complexity index is 650. The van der Waals surface area contributed by atoms with Crippen molar-refractivity contribution in [2.45, 2.75) is 0 Å². The van der Waals surface area contributed by atoms with Crippen LogP contribution in [0.25, 0.3) is 22.8 Å². The number of hydrogen-bond acceptors (Lipinski definition) is 5. The molecule has 3 rings (SSSR count). The van der Waals surface area contributed by atoms with E-state index in [4.69, 9.17) is 10.2 Å². The summed E-state index contributed by atoms with van der Waals surface area (Å²) in [5.41, 5.74) is 7.33. The Morgan fingerprint density at radius 3 is 2.61 bits per heavy atom. The number of nitrogen functional groups attached to an aromatic ring is 1. The number of furan rings is 1. The molecular formula is C13H10N4O. The first-order chi connectivity index (χ1) is 8.83. The van der Waals surface area contributed by atoms with Crippen molar-refractivity contribution < 1.29 is 4.42 Å². The number of nitrogens with two attached hydrogens (primary N) is 1. The van der Waals surface area contributed by atoms with Gasteiger partial charge in [0.2, 0.25) is 0 Å². The van der Waals surface area contributed by atoms with Crippen LogP contribution in [0.1, 0.15) is 0 Å². The van der Waals surface area contributed by atoms with Gasteiger partial charge in [-0.2, -0.15) is 0 Å². The standard InChI is InChI=1S/C13H10N4O/c14-12-8-10(11-2-1-7-18-11)16-13(17-12)9-3-5-15-6-4-9/h1-8H,(H2,14,16,17). The predicted molar refractivity (Wildman–Crippen MR) is 67.4 cm³/mol. The average molecular weight is 238 g/mol. The van der Waals surface area contributed by atoms with Crippen molar-refractivity contribution in [3.05, 3.63) is 49.0 Å². The van der Waals surface area contributed by atoms with E-state index in [0.717, 1.165) is 5.56 Å². The molecule has 0 bridgehead atoms. The Hall–Kier alpha value is -2.69. The van der Waals surface area contributed by atoms with Gasteiger partial charge in [0, 0.05) is 24.0 Å². The zero-order valence-corrected chi connectivity index (χ0v) is 9.45. The topological polar surface area (TPSA) is 77.8 Å². The maximum atomic E-state index is 5.79. The zero-order chi connectivity index (χ0) is 12.4. The third kappa shape index (κ3) is 1.93. The number of rotatable bonds is 2. The van der Waals surface area contributed by atoms with Crippen LogP contribution < -0.4 is 5.73 Å². The fourth-order valence-electron chi connectivity index (χ4n) is 1.65. The summed E-state index contributed by atoms with van der Waals surface area (Å²) in [7, 11) is 0. The molecule has 3 aromatic rings. The SMILES string of the molecule is Nc1cc(-c2ccco2)nc(-c2ccncc2)n1. The number of anilines is 1. The Balaban J connectivity index is 2.12. The van der Waals surface area contributed by atoms with E-state index in [0.29, 0.717) is 23.1 Å². The second-order valence-corrected chi connectivity index (χ2v) is 3.71. The van der Waals surface area contributed by atoms with Crippen molar-refractivity contribution in [3.63, 3.8) is 0 Å². The summed E-state index contributed by atoms with van der Waals surface area (Å²) < 4.78 is 5.31. The smallest absolute Gasteiger partial charge is 0.162 e. The fourth-order valence-corrected chi connectivity index (χ4v) is 1.65. The monoisotopic (exact) mass is 238 g/mol. The predicted octanol–water partition coefficient (Wildman–Crippen LogP) is 2.38. The van der Waals surface area contributed by atoms with Gasteiger partial charge in [0.05, 0.1) is 6.26 Å². The van der Waals surface area contributed by atoms with Crippen LogP contribution >= 0.6 is 0 Å². The Labute approximate surface area is 103 Å². The van der Waals surface area contributed by atoms with Gasteiger partial charge in [-0.1, -0.05) is 0 Å². The molecular weight excluding hydrogens is 228 g/mol. The Morgan fingerprint density at radius 1 is 1.06 bits per heavy atom. The molecule has 0 radical (unpaired) electrons. The lowest BCUT2D eigenvalue weighted by molar-refractivity contribution is 0.580. The van der Waals surface area contributed by atoms with Crippen molar-refractivity contribution in [2.24, 2.45) is 0 Å². The number of aromatic nitrogens is 3. The van der Waals surface area contributed by atoms with E-state index in [1.807, 2.05) is 18.2 Å². The number of hydrogen-bond donors (Lipinski definition) is 1. The van der Waals surface area contributed by atoms with Crippen LogP contribution in [-0.4, -0.2) is 15.0 Å². The van der Waals surface area contributed by atoms with Gasteiger partial charge in [0.25, 0.3) is 0 Å². The molecule has 5 nitrogen and oxygen atoms in total. The minimum atomic E-state index is 0.406. The van der Waals surface area contributed by atoms with Gasteiger partial charge in [0.15, 0.2) is 11.6 Å². The molecule has 0 unspecified atom stereocenters. The van der Waals surface area contributed by atoms with Crippen molar-refractivity contribution in [1.29, 1.82) is 0 Å². The molecule has 2 N–H and O–H groups in total. The van der Waals surface area contributed by atoms with Crippen LogP contribution in [0.5, 0.6) is 0 Å². The van der Waals surface area contributed by atoms with Crippen molar-refractivity contribution in [3.8, 4) is 22.8 Å². The highest BCUT2D eigenvalue weighted by molar-refractivity contribution is 5.63. The van der Waals surface area contributed by atoms with E-state index in [1.165, 1.54) is 0 Å². The number of pyridine rings is 1. The van der Waals surface area contributed by atoms with Gasteiger partial charge in [0.1, 0.15) is 11.5 Å². The molecule has 0 aromatic carbocycles. The van der Waals surface area contributed by atoms with Crippen LogP contribution in [0.2, 0.25) is 0 Å². The second kappa shape index (κ2) is 4.29. The van der Waals surface area contributed by atoms with Gasteiger partial charge in [-0.3, -0.25) is 4.98 Å². The van der Waals surface area contributed by atoms with E-state index in [9.17, 15) is 0 Å². The molecule has 0 atom stereocenters. The molecule has 0 saturated heterocycles. The van der Waals surface area contributed by atoms with Crippen LogP contribution in [0.15, 0.2) is 53.4 Å². The first-order valence-corrected chi connectivity index (χ1v) is 5.42. The van der Waals surface area contributed by atoms with Crippen molar-refractivity contribution in [2.75, 3.05) is 5.73 Å². The van der Waals surface area contributed by atoms with E-state index in [-0.39, 0.29) is 0 Å². The first kappa shape index (κ1) is 10.5. The molecule has 0 aliphatic rings. The van der Waals surface area contributed by atoms with Crippen molar-refractivity contribution in [1.82, 2.24) is 15.0 Å². The lowest BCUT2D eigenvalue weighted by atomic mass is 10.2. The molecule has 0 aliphatic heterocycles. The molecule has 0 aliphatic carbocycles. The Morgan fingerprint density at radius 2 is 1.89 bits per heavy atom. The van der Waals surface area contributed by atoms with Gasteiger partial charge in [-0.15, -0.1) is 0 Å².